The average molecular weight is 320 g/mol. The first-order chi connectivity index (χ1) is 10.8. The summed E-state index contributed by atoms with van der Waals surface area (Å²) in [5.74, 6) is 2.67. The smallest absolute Gasteiger partial charge is 0.223 e. The largest absolute Gasteiger partial charge is 0.472 e. The van der Waals surface area contributed by atoms with E-state index in [2.05, 4.69) is 22.4 Å². The lowest BCUT2D eigenvalue weighted by Crippen LogP contribution is -2.43. The molecule has 1 aromatic rings. The molecule has 0 spiro atoms. The van der Waals surface area contributed by atoms with Gasteiger partial charge in [-0.1, -0.05) is 12.2 Å². The molecule has 5 heteroatoms. The number of amides is 1. The first-order valence-corrected chi connectivity index (χ1v) is 9.26. The molecule has 2 heterocycles. The Labute approximate surface area is 136 Å². The molecule has 4 nitrogen and oxygen atoms in total. The van der Waals surface area contributed by atoms with E-state index in [1.165, 1.54) is 0 Å². The monoisotopic (exact) mass is 320 g/mol. The number of nitrogens with one attached hydrogen (secondary N) is 1. The standard InChI is InChI=1S/C17H24N2O2S/c20-17(14-4-2-1-3-5-14)18-12-16(15-6-9-21-13-15)19-7-10-22-11-8-19/h1-2,6,9,13-14,16H,3-5,7-8,10-12H2,(H,18,20). The summed E-state index contributed by atoms with van der Waals surface area (Å²) >= 11 is 2.00. The van der Waals surface area contributed by atoms with Crippen molar-refractivity contribution in [3.8, 4) is 0 Å². The molecule has 1 amide bonds. The van der Waals surface area contributed by atoms with Gasteiger partial charge < -0.3 is 9.73 Å². The van der Waals surface area contributed by atoms with E-state index in [0.29, 0.717) is 6.54 Å². The third kappa shape index (κ3) is 3.96. The Morgan fingerprint density at radius 1 is 1.41 bits per heavy atom. The van der Waals surface area contributed by atoms with Crippen LogP contribution in [0.1, 0.15) is 30.9 Å². The zero-order chi connectivity index (χ0) is 15.2. The zero-order valence-corrected chi connectivity index (χ0v) is 13.7. The second-order valence-corrected chi connectivity index (χ2v) is 7.17. The molecule has 2 unspecified atom stereocenters. The summed E-state index contributed by atoms with van der Waals surface area (Å²) in [6.45, 7) is 2.81. The van der Waals surface area contributed by atoms with Crippen molar-refractivity contribution in [2.45, 2.75) is 25.3 Å². The van der Waals surface area contributed by atoms with Gasteiger partial charge >= 0.3 is 0 Å². The number of rotatable bonds is 5. The van der Waals surface area contributed by atoms with E-state index in [1.54, 1.807) is 6.26 Å². The van der Waals surface area contributed by atoms with Crippen LogP contribution in [0.3, 0.4) is 0 Å². The van der Waals surface area contributed by atoms with Crippen molar-refractivity contribution in [1.29, 1.82) is 0 Å². The summed E-state index contributed by atoms with van der Waals surface area (Å²) in [6, 6.07) is 2.24. The number of thioether (sulfide) groups is 1. The van der Waals surface area contributed by atoms with Crippen LogP contribution in [-0.4, -0.2) is 41.9 Å². The molecule has 3 rings (SSSR count). The first kappa shape index (κ1) is 15.7. The minimum Gasteiger partial charge on any atom is -0.472 e. The van der Waals surface area contributed by atoms with E-state index < -0.39 is 0 Å². The summed E-state index contributed by atoms with van der Waals surface area (Å²) in [5, 5.41) is 3.18. The average Bonchev–Trinajstić information content (AvgIpc) is 3.11. The van der Waals surface area contributed by atoms with Gasteiger partial charge in [-0.15, -0.1) is 0 Å². The second-order valence-electron chi connectivity index (χ2n) is 5.95. The van der Waals surface area contributed by atoms with Crippen LogP contribution in [-0.2, 0) is 4.79 Å². The Bertz CT molecular complexity index is 495. The fourth-order valence-corrected chi connectivity index (χ4v) is 4.12. The fraction of sp³-hybridized carbons (Fsp3) is 0.588. The first-order valence-electron chi connectivity index (χ1n) is 8.11. The van der Waals surface area contributed by atoms with Crippen molar-refractivity contribution in [3.63, 3.8) is 0 Å². The topological polar surface area (TPSA) is 45.5 Å². The van der Waals surface area contributed by atoms with Crippen LogP contribution in [0.25, 0.3) is 0 Å². The van der Waals surface area contributed by atoms with Crippen LogP contribution in [0.5, 0.6) is 0 Å². The SMILES string of the molecule is O=C(NCC(c1ccoc1)N1CCSCC1)C1CC=CCC1. The molecule has 1 aliphatic heterocycles. The molecule has 0 radical (unpaired) electrons. The van der Waals surface area contributed by atoms with Crippen LogP contribution in [0.2, 0.25) is 0 Å². The molecular weight excluding hydrogens is 296 g/mol. The molecule has 1 N–H and O–H groups in total. The predicted octanol–water partition coefficient (Wildman–Crippen LogP) is 2.84. The lowest BCUT2D eigenvalue weighted by Gasteiger charge is -2.34. The molecular formula is C17H24N2O2S. The molecule has 0 aromatic carbocycles. The van der Waals surface area contributed by atoms with Gasteiger partial charge in [0.1, 0.15) is 0 Å². The van der Waals surface area contributed by atoms with Crippen LogP contribution < -0.4 is 5.32 Å². The van der Waals surface area contributed by atoms with Crippen LogP contribution >= 0.6 is 11.8 Å². The molecule has 22 heavy (non-hydrogen) atoms. The number of nitrogens with zero attached hydrogens (tertiary/aromatic N) is 1. The van der Waals surface area contributed by atoms with Gasteiger partial charge in [-0.25, -0.2) is 0 Å². The molecule has 1 aliphatic carbocycles. The van der Waals surface area contributed by atoms with Crippen LogP contribution in [0, 0.1) is 5.92 Å². The van der Waals surface area contributed by atoms with E-state index in [4.69, 9.17) is 4.42 Å². The second kappa shape index (κ2) is 7.88. The van der Waals surface area contributed by atoms with Crippen LogP contribution in [0.4, 0.5) is 0 Å². The van der Waals surface area contributed by atoms with E-state index in [1.807, 2.05) is 24.1 Å². The van der Waals surface area contributed by atoms with Gasteiger partial charge in [-0.3, -0.25) is 9.69 Å². The molecule has 1 saturated heterocycles. The molecule has 1 aromatic heterocycles. The van der Waals surface area contributed by atoms with Gasteiger partial charge in [0.2, 0.25) is 5.91 Å². The summed E-state index contributed by atoms with van der Waals surface area (Å²) in [7, 11) is 0. The van der Waals surface area contributed by atoms with Crippen molar-refractivity contribution in [1.82, 2.24) is 10.2 Å². The lowest BCUT2D eigenvalue weighted by atomic mass is 9.93. The molecule has 1 fully saturated rings. The minimum atomic E-state index is 0.145. The van der Waals surface area contributed by atoms with Crippen molar-refractivity contribution < 1.29 is 9.21 Å². The van der Waals surface area contributed by atoms with Crippen molar-refractivity contribution in [2.24, 2.45) is 5.92 Å². The fourth-order valence-electron chi connectivity index (χ4n) is 3.18. The van der Waals surface area contributed by atoms with E-state index in [0.717, 1.165) is 49.4 Å². The highest BCUT2D eigenvalue weighted by Crippen LogP contribution is 2.25. The number of carbonyl (C=O) groups is 1. The molecule has 0 bridgehead atoms. The van der Waals surface area contributed by atoms with E-state index in [-0.39, 0.29) is 17.9 Å². The van der Waals surface area contributed by atoms with Gasteiger partial charge in [0.15, 0.2) is 0 Å². The minimum absolute atomic E-state index is 0.145. The molecule has 120 valence electrons. The van der Waals surface area contributed by atoms with Gasteiger partial charge in [-0.05, 0) is 25.3 Å². The number of hydrogen-bond acceptors (Lipinski definition) is 4. The van der Waals surface area contributed by atoms with Gasteiger partial charge in [0.05, 0.1) is 18.6 Å². The third-order valence-electron chi connectivity index (χ3n) is 4.52. The van der Waals surface area contributed by atoms with Crippen molar-refractivity contribution in [2.75, 3.05) is 31.1 Å². The Morgan fingerprint density at radius 3 is 2.95 bits per heavy atom. The zero-order valence-electron chi connectivity index (χ0n) is 12.9. The maximum atomic E-state index is 12.4. The number of allylic oxidation sites excluding steroid dienone is 2. The van der Waals surface area contributed by atoms with E-state index >= 15 is 0 Å². The van der Waals surface area contributed by atoms with Crippen molar-refractivity contribution >= 4 is 17.7 Å². The molecule has 0 saturated carbocycles. The maximum Gasteiger partial charge on any atom is 0.223 e. The van der Waals surface area contributed by atoms with Gasteiger partial charge in [0.25, 0.3) is 0 Å². The summed E-state index contributed by atoms with van der Waals surface area (Å²) in [5.41, 5.74) is 1.16. The van der Waals surface area contributed by atoms with Gasteiger partial charge in [0, 0.05) is 42.6 Å². The Kier molecular flexibility index (Phi) is 5.62. The summed E-state index contributed by atoms with van der Waals surface area (Å²) in [6.07, 6.45) is 10.7. The number of carbonyl (C=O) groups excluding carboxylic acids is 1. The quantitative estimate of drug-likeness (QED) is 0.848. The van der Waals surface area contributed by atoms with Crippen LogP contribution in [0.15, 0.2) is 35.2 Å². The number of hydrogen-bond donors (Lipinski definition) is 1. The predicted molar refractivity (Wildman–Crippen MR) is 89.8 cm³/mol. The van der Waals surface area contributed by atoms with Gasteiger partial charge in [-0.2, -0.15) is 11.8 Å². The maximum absolute atomic E-state index is 12.4. The highest BCUT2D eigenvalue weighted by Gasteiger charge is 2.25. The molecule has 2 aliphatic rings. The Balaban J connectivity index is 1.60. The normalized spacial score (nSPS) is 24.1. The summed E-state index contributed by atoms with van der Waals surface area (Å²) < 4.78 is 5.26. The third-order valence-corrected chi connectivity index (χ3v) is 5.47. The molecule has 2 atom stereocenters. The summed E-state index contributed by atoms with van der Waals surface area (Å²) in [4.78, 5) is 14.8. The number of furan rings is 1. The van der Waals surface area contributed by atoms with E-state index in [9.17, 15) is 4.79 Å². The lowest BCUT2D eigenvalue weighted by molar-refractivity contribution is -0.125. The Hall–Kier alpha value is -1.20. The highest BCUT2D eigenvalue weighted by atomic mass is 32.2. The van der Waals surface area contributed by atoms with Crippen molar-refractivity contribution in [3.05, 3.63) is 36.3 Å². The Morgan fingerprint density at radius 2 is 2.27 bits per heavy atom. The highest BCUT2D eigenvalue weighted by molar-refractivity contribution is 7.99.